The lowest BCUT2D eigenvalue weighted by atomic mass is 10.2. The van der Waals surface area contributed by atoms with Crippen LogP contribution in [0.25, 0.3) is 10.2 Å². The largest absolute Gasteiger partial charge is 0.483 e. The molecule has 0 aliphatic carbocycles. The number of halogens is 2. The first-order valence-corrected chi connectivity index (χ1v) is 7.95. The third kappa shape index (κ3) is 3.78. The maximum atomic E-state index is 13.1. The maximum Gasteiger partial charge on any atom is 0.264 e. The molecule has 2 aromatic carbocycles. The minimum atomic E-state index is -0.334. The number of benzene rings is 2. The molecule has 1 heterocycles. The van der Waals surface area contributed by atoms with Gasteiger partial charge in [-0.2, -0.15) is 0 Å². The molecule has 7 heteroatoms. The number of rotatable bonds is 4. The summed E-state index contributed by atoms with van der Waals surface area (Å²) in [6, 6.07) is 9.47. The van der Waals surface area contributed by atoms with Gasteiger partial charge in [0, 0.05) is 5.02 Å². The lowest BCUT2D eigenvalue weighted by molar-refractivity contribution is -0.118. The molecule has 0 saturated heterocycles. The van der Waals surface area contributed by atoms with E-state index in [1.165, 1.54) is 23.5 Å². The van der Waals surface area contributed by atoms with Crippen molar-refractivity contribution in [3.05, 3.63) is 52.8 Å². The number of carbonyl (C=O) groups excluding carboxylic acids is 1. The van der Waals surface area contributed by atoms with E-state index in [1.807, 2.05) is 6.92 Å². The summed E-state index contributed by atoms with van der Waals surface area (Å²) in [6.45, 7) is 1.70. The Hall–Kier alpha value is -2.18. The van der Waals surface area contributed by atoms with Gasteiger partial charge in [0.2, 0.25) is 0 Å². The van der Waals surface area contributed by atoms with Gasteiger partial charge in [0.05, 0.1) is 10.2 Å². The first-order chi connectivity index (χ1) is 11.0. The molecule has 3 rings (SSSR count). The number of hydrogen-bond acceptors (Lipinski definition) is 4. The highest BCUT2D eigenvalue weighted by atomic mass is 35.5. The molecule has 3 aromatic rings. The van der Waals surface area contributed by atoms with Gasteiger partial charge in [0.15, 0.2) is 11.7 Å². The Labute approximate surface area is 140 Å². The number of anilines is 1. The van der Waals surface area contributed by atoms with Crippen molar-refractivity contribution in [1.29, 1.82) is 0 Å². The fourth-order valence-electron chi connectivity index (χ4n) is 2.03. The first kappa shape index (κ1) is 15.7. The first-order valence-electron chi connectivity index (χ1n) is 6.76. The molecular formula is C16H12ClFN2O2S. The van der Waals surface area contributed by atoms with Crippen molar-refractivity contribution in [3.8, 4) is 5.75 Å². The van der Waals surface area contributed by atoms with E-state index in [2.05, 4.69) is 10.3 Å². The van der Waals surface area contributed by atoms with Crippen LogP contribution >= 0.6 is 22.9 Å². The molecule has 0 atom stereocenters. The van der Waals surface area contributed by atoms with Crippen molar-refractivity contribution in [3.63, 3.8) is 0 Å². The lowest BCUT2D eigenvalue weighted by Gasteiger charge is -2.08. The van der Waals surface area contributed by atoms with E-state index in [4.69, 9.17) is 16.3 Å². The molecule has 118 valence electrons. The highest BCUT2D eigenvalue weighted by Gasteiger charge is 2.10. The molecule has 0 fully saturated rings. The van der Waals surface area contributed by atoms with Crippen molar-refractivity contribution < 1.29 is 13.9 Å². The number of amides is 1. The number of aromatic nitrogens is 1. The van der Waals surface area contributed by atoms with Crippen molar-refractivity contribution in [2.75, 3.05) is 11.9 Å². The maximum absolute atomic E-state index is 13.1. The average Bonchev–Trinajstić information content (AvgIpc) is 2.87. The zero-order valence-electron chi connectivity index (χ0n) is 12.1. The summed E-state index contributed by atoms with van der Waals surface area (Å²) in [5.41, 5.74) is 1.49. The summed E-state index contributed by atoms with van der Waals surface area (Å²) in [6.07, 6.45) is 0. The second-order valence-corrected chi connectivity index (χ2v) is 6.34. The van der Waals surface area contributed by atoms with Crippen molar-refractivity contribution in [2.45, 2.75) is 6.92 Å². The monoisotopic (exact) mass is 350 g/mol. The number of thiazole rings is 1. The second kappa shape index (κ2) is 6.52. The van der Waals surface area contributed by atoms with E-state index in [1.54, 1.807) is 24.3 Å². The van der Waals surface area contributed by atoms with Crippen molar-refractivity contribution >= 4 is 44.2 Å². The molecule has 0 unspecified atom stereocenters. The predicted octanol–water partition coefficient (Wildman–Crippen LogP) is 4.41. The fraction of sp³-hybridized carbons (Fsp3) is 0.125. The third-order valence-corrected chi connectivity index (χ3v) is 4.26. The molecule has 0 aliphatic heterocycles. The number of hydrogen-bond donors (Lipinski definition) is 1. The van der Waals surface area contributed by atoms with Gasteiger partial charge in [0.25, 0.3) is 5.91 Å². The van der Waals surface area contributed by atoms with Gasteiger partial charge < -0.3 is 4.74 Å². The summed E-state index contributed by atoms with van der Waals surface area (Å²) in [7, 11) is 0. The number of ether oxygens (including phenoxy) is 1. The molecule has 0 saturated carbocycles. The van der Waals surface area contributed by atoms with Gasteiger partial charge >= 0.3 is 0 Å². The molecule has 23 heavy (non-hydrogen) atoms. The number of aryl methyl sites for hydroxylation is 1. The quantitative estimate of drug-likeness (QED) is 0.758. The highest BCUT2D eigenvalue weighted by Crippen LogP contribution is 2.26. The molecule has 4 nitrogen and oxygen atoms in total. The van der Waals surface area contributed by atoms with E-state index in [0.29, 0.717) is 26.1 Å². The van der Waals surface area contributed by atoms with Crippen LogP contribution in [0.15, 0.2) is 36.4 Å². The normalized spacial score (nSPS) is 10.7. The van der Waals surface area contributed by atoms with Gasteiger partial charge in [-0.1, -0.05) is 22.9 Å². The lowest BCUT2D eigenvalue weighted by Crippen LogP contribution is -2.20. The van der Waals surface area contributed by atoms with E-state index in [0.717, 1.165) is 5.56 Å². The third-order valence-electron chi connectivity index (χ3n) is 3.09. The van der Waals surface area contributed by atoms with Crippen LogP contribution in [0.5, 0.6) is 5.75 Å². The van der Waals surface area contributed by atoms with Crippen LogP contribution in [0.1, 0.15) is 5.56 Å². The molecule has 1 amide bonds. The van der Waals surface area contributed by atoms with E-state index in [-0.39, 0.29) is 18.3 Å². The zero-order chi connectivity index (χ0) is 16.4. The van der Waals surface area contributed by atoms with Crippen LogP contribution in [-0.4, -0.2) is 17.5 Å². The van der Waals surface area contributed by atoms with Crippen LogP contribution in [0, 0.1) is 12.7 Å². The molecule has 1 aromatic heterocycles. The average molecular weight is 351 g/mol. The Morgan fingerprint density at radius 1 is 1.35 bits per heavy atom. The van der Waals surface area contributed by atoms with E-state index < -0.39 is 0 Å². The van der Waals surface area contributed by atoms with Gasteiger partial charge in [0.1, 0.15) is 11.6 Å². The van der Waals surface area contributed by atoms with Crippen molar-refractivity contribution in [2.24, 2.45) is 0 Å². The number of carbonyl (C=O) groups is 1. The van der Waals surface area contributed by atoms with Crippen LogP contribution < -0.4 is 10.1 Å². The Bertz CT molecular complexity index is 882. The number of nitrogens with one attached hydrogen (secondary N) is 1. The topological polar surface area (TPSA) is 51.2 Å². The summed E-state index contributed by atoms with van der Waals surface area (Å²) >= 11 is 7.08. The fourth-order valence-corrected chi connectivity index (χ4v) is 3.16. The summed E-state index contributed by atoms with van der Waals surface area (Å²) in [4.78, 5) is 16.2. The standard InChI is InChI=1S/C16H12ClFN2O2S/c1-9-6-10(17)2-5-13(9)22-8-15(21)20-16-19-12-4-3-11(18)7-14(12)23-16/h2-7H,8H2,1H3,(H,19,20,21). The number of nitrogens with zero attached hydrogens (tertiary/aromatic N) is 1. The van der Waals surface area contributed by atoms with E-state index >= 15 is 0 Å². The van der Waals surface area contributed by atoms with Crippen LogP contribution in [-0.2, 0) is 4.79 Å². The minimum Gasteiger partial charge on any atom is -0.483 e. The Morgan fingerprint density at radius 2 is 2.17 bits per heavy atom. The SMILES string of the molecule is Cc1cc(Cl)ccc1OCC(=O)Nc1nc2ccc(F)cc2s1. The Balaban J connectivity index is 1.64. The van der Waals surface area contributed by atoms with Crippen molar-refractivity contribution in [1.82, 2.24) is 4.98 Å². The molecule has 0 bridgehead atoms. The molecule has 0 aliphatic rings. The van der Waals surface area contributed by atoms with Crippen LogP contribution in [0.3, 0.4) is 0 Å². The molecule has 1 N–H and O–H groups in total. The second-order valence-electron chi connectivity index (χ2n) is 4.88. The van der Waals surface area contributed by atoms with Crippen LogP contribution in [0.2, 0.25) is 5.02 Å². The molecule has 0 radical (unpaired) electrons. The minimum absolute atomic E-state index is 0.146. The number of fused-ring (bicyclic) bond motifs is 1. The van der Waals surface area contributed by atoms with Gasteiger partial charge in [-0.3, -0.25) is 10.1 Å². The summed E-state index contributed by atoms with van der Waals surface area (Å²) < 4.78 is 19.3. The molecular weight excluding hydrogens is 339 g/mol. The van der Waals surface area contributed by atoms with Gasteiger partial charge in [-0.05, 0) is 48.9 Å². The summed E-state index contributed by atoms with van der Waals surface area (Å²) in [5, 5.41) is 3.67. The highest BCUT2D eigenvalue weighted by molar-refractivity contribution is 7.22. The summed E-state index contributed by atoms with van der Waals surface area (Å²) in [5.74, 6) is -0.0737. The van der Waals surface area contributed by atoms with E-state index in [9.17, 15) is 9.18 Å². The van der Waals surface area contributed by atoms with Gasteiger partial charge in [-0.15, -0.1) is 0 Å². The smallest absolute Gasteiger partial charge is 0.264 e. The van der Waals surface area contributed by atoms with Crippen LogP contribution in [0.4, 0.5) is 9.52 Å². The Kier molecular flexibility index (Phi) is 4.45. The Morgan fingerprint density at radius 3 is 2.96 bits per heavy atom. The predicted molar refractivity (Wildman–Crippen MR) is 89.9 cm³/mol. The van der Waals surface area contributed by atoms with Gasteiger partial charge in [-0.25, -0.2) is 9.37 Å². The molecule has 0 spiro atoms. The zero-order valence-corrected chi connectivity index (χ0v) is 13.7.